The molecule has 1 atom stereocenters. The Labute approximate surface area is 124 Å². The molecule has 0 aromatic heterocycles. The summed E-state index contributed by atoms with van der Waals surface area (Å²) in [6, 6.07) is -0.101. The normalized spacial score (nSPS) is 25.4. The van der Waals surface area contributed by atoms with Crippen LogP contribution in [0.5, 0.6) is 0 Å². The first-order valence-electron chi connectivity index (χ1n) is 7.37. The number of urea groups is 1. The Balaban J connectivity index is 1.83. The highest BCUT2D eigenvalue weighted by molar-refractivity contribution is 8.00. The van der Waals surface area contributed by atoms with Gasteiger partial charge in [-0.3, -0.25) is 4.79 Å². The van der Waals surface area contributed by atoms with E-state index in [1.807, 2.05) is 11.8 Å². The summed E-state index contributed by atoms with van der Waals surface area (Å²) in [7, 11) is 0. The van der Waals surface area contributed by atoms with Gasteiger partial charge in [-0.1, -0.05) is 12.8 Å². The predicted octanol–water partition coefficient (Wildman–Crippen LogP) is 2.17. The van der Waals surface area contributed by atoms with Crippen LogP contribution in [-0.4, -0.2) is 52.6 Å². The third kappa shape index (κ3) is 3.59. The van der Waals surface area contributed by atoms with Crippen molar-refractivity contribution in [1.82, 2.24) is 10.2 Å². The lowest BCUT2D eigenvalue weighted by Crippen LogP contribution is -2.49. The molecule has 2 aliphatic rings. The van der Waals surface area contributed by atoms with Crippen molar-refractivity contribution in [2.24, 2.45) is 5.92 Å². The van der Waals surface area contributed by atoms with Crippen LogP contribution < -0.4 is 5.32 Å². The molecule has 0 aromatic rings. The zero-order valence-electron chi connectivity index (χ0n) is 12.1. The highest BCUT2D eigenvalue weighted by Crippen LogP contribution is 2.39. The summed E-state index contributed by atoms with van der Waals surface area (Å²) in [6.07, 6.45) is 8.35. The maximum Gasteiger partial charge on any atom is 0.317 e. The van der Waals surface area contributed by atoms with Gasteiger partial charge < -0.3 is 15.3 Å². The van der Waals surface area contributed by atoms with Gasteiger partial charge in [0.2, 0.25) is 0 Å². The van der Waals surface area contributed by atoms with Gasteiger partial charge in [0.05, 0.1) is 5.92 Å². The fraction of sp³-hybridized carbons (Fsp3) is 0.857. The Morgan fingerprint density at radius 3 is 2.65 bits per heavy atom. The quantitative estimate of drug-likeness (QED) is 0.835. The number of carbonyl (C=O) groups is 2. The third-order valence-corrected chi connectivity index (χ3v) is 5.99. The minimum absolute atomic E-state index is 0.101. The van der Waals surface area contributed by atoms with Crippen LogP contribution in [0.15, 0.2) is 0 Å². The average Bonchev–Trinajstić information content (AvgIpc) is 2.94. The summed E-state index contributed by atoms with van der Waals surface area (Å²) in [4.78, 5) is 24.9. The summed E-state index contributed by atoms with van der Waals surface area (Å²) in [5.74, 6) is -1.20. The van der Waals surface area contributed by atoms with E-state index in [0.717, 1.165) is 19.3 Å². The van der Waals surface area contributed by atoms with Gasteiger partial charge in [0.25, 0.3) is 0 Å². The van der Waals surface area contributed by atoms with Crippen LogP contribution in [0.4, 0.5) is 4.79 Å². The standard InChI is InChI=1S/C14H24N2O3S/c1-20-14(6-2-3-7-14)10-15-13(19)16-8-4-5-11(9-16)12(17)18/h11H,2-10H2,1H3,(H,15,19)(H,17,18)/t11-/m1/s1. The molecule has 20 heavy (non-hydrogen) atoms. The van der Waals surface area contributed by atoms with Gasteiger partial charge in [-0.25, -0.2) is 4.79 Å². The number of rotatable bonds is 4. The van der Waals surface area contributed by atoms with Crippen LogP contribution in [0.25, 0.3) is 0 Å². The topological polar surface area (TPSA) is 69.6 Å². The van der Waals surface area contributed by atoms with E-state index in [1.165, 1.54) is 12.8 Å². The van der Waals surface area contributed by atoms with Crippen molar-refractivity contribution in [2.45, 2.75) is 43.3 Å². The summed E-state index contributed by atoms with van der Waals surface area (Å²) in [5, 5.41) is 12.1. The van der Waals surface area contributed by atoms with Crippen molar-refractivity contribution in [1.29, 1.82) is 0 Å². The number of piperidine rings is 1. The van der Waals surface area contributed by atoms with Crippen molar-refractivity contribution < 1.29 is 14.7 Å². The molecule has 0 bridgehead atoms. The zero-order valence-corrected chi connectivity index (χ0v) is 12.9. The lowest BCUT2D eigenvalue weighted by Gasteiger charge is -2.33. The largest absolute Gasteiger partial charge is 0.481 e. The Hall–Kier alpha value is -0.910. The minimum Gasteiger partial charge on any atom is -0.481 e. The van der Waals surface area contributed by atoms with Gasteiger partial charge in [-0.15, -0.1) is 0 Å². The molecule has 0 aromatic carbocycles. The van der Waals surface area contributed by atoms with Crippen LogP contribution in [-0.2, 0) is 4.79 Å². The molecule has 0 radical (unpaired) electrons. The van der Waals surface area contributed by atoms with Crippen LogP contribution in [0.2, 0.25) is 0 Å². The molecule has 1 saturated carbocycles. The first-order valence-corrected chi connectivity index (χ1v) is 8.59. The molecule has 5 nitrogen and oxygen atoms in total. The summed E-state index contributed by atoms with van der Waals surface area (Å²) in [5.41, 5.74) is 0. The van der Waals surface area contributed by atoms with Crippen LogP contribution in [0.3, 0.4) is 0 Å². The van der Waals surface area contributed by atoms with Gasteiger partial charge in [-0.05, 0) is 31.9 Å². The van der Waals surface area contributed by atoms with E-state index in [-0.39, 0.29) is 10.8 Å². The van der Waals surface area contributed by atoms with E-state index in [0.29, 0.717) is 26.1 Å². The molecule has 114 valence electrons. The molecule has 1 saturated heterocycles. The minimum atomic E-state index is -0.793. The number of hydrogen-bond acceptors (Lipinski definition) is 3. The fourth-order valence-corrected chi connectivity index (χ4v) is 4.10. The maximum atomic E-state index is 12.2. The van der Waals surface area contributed by atoms with Gasteiger partial charge in [0, 0.05) is 24.4 Å². The highest BCUT2D eigenvalue weighted by atomic mass is 32.2. The second-order valence-electron chi connectivity index (χ2n) is 5.88. The smallest absolute Gasteiger partial charge is 0.317 e. The molecule has 2 fully saturated rings. The number of amides is 2. The molecule has 6 heteroatoms. The predicted molar refractivity (Wildman–Crippen MR) is 80.0 cm³/mol. The first kappa shape index (κ1) is 15.5. The summed E-state index contributed by atoms with van der Waals surface area (Å²) < 4.78 is 0.192. The fourth-order valence-electron chi connectivity index (χ4n) is 3.18. The molecule has 1 aliphatic carbocycles. The van der Waals surface area contributed by atoms with Crippen molar-refractivity contribution >= 4 is 23.8 Å². The zero-order chi connectivity index (χ0) is 14.6. The Bertz CT molecular complexity index is 369. The number of thioether (sulfide) groups is 1. The van der Waals surface area contributed by atoms with Gasteiger partial charge in [0.15, 0.2) is 0 Å². The third-order valence-electron chi connectivity index (χ3n) is 4.57. The number of carboxylic acid groups (broad SMARTS) is 1. The number of carboxylic acids is 1. The molecular weight excluding hydrogens is 276 g/mol. The molecule has 0 spiro atoms. The lowest BCUT2D eigenvalue weighted by atomic mass is 9.99. The second-order valence-corrected chi connectivity index (χ2v) is 7.15. The summed E-state index contributed by atoms with van der Waals surface area (Å²) >= 11 is 1.85. The number of nitrogens with zero attached hydrogens (tertiary/aromatic N) is 1. The number of nitrogens with one attached hydrogen (secondary N) is 1. The number of carbonyl (C=O) groups excluding carboxylic acids is 1. The van der Waals surface area contributed by atoms with E-state index < -0.39 is 11.9 Å². The Morgan fingerprint density at radius 2 is 2.05 bits per heavy atom. The highest BCUT2D eigenvalue weighted by Gasteiger charge is 2.34. The molecule has 0 unspecified atom stereocenters. The van der Waals surface area contributed by atoms with Gasteiger partial charge in [-0.2, -0.15) is 11.8 Å². The van der Waals surface area contributed by atoms with E-state index in [9.17, 15) is 9.59 Å². The lowest BCUT2D eigenvalue weighted by molar-refractivity contribution is -0.143. The SMILES string of the molecule is CSC1(CNC(=O)N2CCC[C@@H](C(=O)O)C2)CCCC1. The molecule has 1 heterocycles. The van der Waals surface area contributed by atoms with Crippen LogP contribution >= 0.6 is 11.8 Å². The van der Waals surface area contributed by atoms with Crippen molar-refractivity contribution in [3.05, 3.63) is 0 Å². The van der Waals surface area contributed by atoms with Gasteiger partial charge in [0.1, 0.15) is 0 Å². The van der Waals surface area contributed by atoms with E-state index >= 15 is 0 Å². The number of likely N-dealkylation sites (tertiary alicyclic amines) is 1. The van der Waals surface area contributed by atoms with Crippen LogP contribution in [0.1, 0.15) is 38.5 Å². The average molecular weight is 300 g/mol. The monoisotopic (exact) mass is 300 g/mol. The molecule has 2 N–H and O–H groups in total. The Kier molecular flexibility index (Phi) is 5.18. The van der Waals surface area contributed by atoms with Crippen molar-refractivity contribution in [2.75, 3.05) is 25.9 Å². The second kappa shape index (κ2) is 6.70. The molecule has 2 amide bonds. The number of hydrogen-bond donors (Lipinski definition) is 2. The molecular formula is C14H24N2O3S. The van der Waals surface area contributed by atoms with Crippen molar-refractivity contribution in [3.63, 3.8) is 0 Å². The van der Waals surface area contributed by atoms with E-state index in [4.69, 9.17) is 5.11 Å². The summed E-state index contributed by atoms with van der Waals surface area (Å²) in [6.45, 7) is 1.70. The van der Waals surface area contributed by atoms with Gasteiger partial charge >= 0.3 is 12.0 Å². The van der Waals surface area contributed by atoms with E-state index in [2.05, 4.69) is 11.6 Å². The maximum absolute atomic E-state index is 12.2. The number of aliphatic carboxylic acids is 1. The van der Waals surface area contributed by atoms with Crippen molar-refractivity contribution in [3.8, 4) is 0 Å². The molecule has 1 aliphatic heterocycles. The van der Waals surface area contributed by atoms with Crippen LogP contribution in [0, 0.1) is 5.92 Å². The first-order chi connectivity index (χ1) is 9.56. The molecule has 2 rings (SSSR count). The van der Waals surface area contributed by atoms with E-state index in [1.54, 1.807) is 4.90 Å². The Morgan fingerprint density at radius 1 is 1.35 bits per heavy atom.